The van der Waals surface area contributed by atoms with E-state index in [4.69, 9.17) is 0 Å². The molecule has 0 saturated carbocycles. The Hall–Kier alpha value is -3.92. The van der Waals surface area contributed by atoms with Crippen LogP contribution in [-0.2, 0) is 30.4 Å². The monoisotopic (exact) mass is 912 g/mol. The summed E-state index contributed by atoms with van der Waals surface area (Å²) < 4.78 is 105. The number of aromatic nitrogens is 3. The zero-order chi connectivity index (χ0) is 42.8. The summed E-state index contributed by atoms with van der Waals surface area (Å²) in [5.41, 5.74) is 1.53. The van der Waals surface area contributed by atoms with Gasteiger partial charge in [-0.15, -0.1) is 20.5 Å². The molecular formula is C37H21Li5N10O9S4. The molecule has 0 spiro atoms. The van der Waals surface area contributed by atoms with E-state index in [-0.39, 0.29) is 166 Å². The van der Waals surface area contributed by atoms with Gasteiger partial charge in [-0.25, -0.2) is 46.0 Å². The van der Waals surface area contributed by atoms with Gasteiger partial charge in [0.25, 0.3) is 0 Å². The van der Waals surface area contributed by atoms with Crippen LogP contribution < -0.4 is 105 Å². The molecule has 2 N–H and O–H groups in total. The second kappa shape index (κ2) is 23.7. The van der Waals surface area contributed by atoms with Crippen molar-refractivity contribution in [2.24, 2.45) is 20.5 Å². The molecule has 19 nitrogen and oxygen atoms in total. The number of pyridine rings is 2. The van der Waals surface area contributed by atoms with E-state index >= 15 is 0 Å². The Morgan fingerprint density at radius 2 is 1.34 bits per heavy atom. The summed E-state index contributed by atoms with van der Waals surface area (Å²) in [6.07, 6.45) is 3.05. The number of nitrogens with one attached hydrogen (secondary N) is 2. The van der Waals surface area contributed by atoms with Gasteiger partial charge in [-0.1, -0.05) is 17.4 Å². The predicted octanol–water partition coefficient (Wildman–Crippen LogP) is -7.42. The van der Waals surface area contributed by atoms with Crippen LogP contribution in [0.2, 0.25) is 0 Å². The molecule has 7 aromatic rings. The number of nitrogens with zero attached hydrogens (tertiary/aromatic N) is 8. The van der Waals surface area contributed by atoms with Crippen molar-refractivity contribution in [1.29, 1.82) is 5.26 Å². The molecular weight excluding hydrogens is 891 g/mol. The third kappa shape index (κ3) is 13.8. The average Bonchev–Trinajstić information content (AvgIpc) is 3.62. The van der Waals surface area contributed by atoms with Crippen molar-refractivity contribution in [3.05, 3.63) is 121 Å². The summed E-state index contributed by atoms with van der Waals surface area (Å²) in [7, 11) is -14.4. The van der Waals surface area contributed by atoms with Gasteiger partial charge in [0.2, 0.25) is 5.13 Å². The molecule has 0 fully saturated rings. The van der Waals surface area contributed by atoms with Gasteiger partial charge in [0.1, 0.15) is 47.8 Å². The molecule has 4 aromatic carbocycles. The summed E-state index contributed by atoms with van der Waals surface area (Å²) in [6, 6.07) is 25.8. The minimum Gasteiger partial charge on any atom is -0.746 e. The van der Waals surface area contributed by atoms with Gasteiger partial charge < -0.3 is 42.5 Å². The second-order valence-corrected chi connectivity index (χ2v) is 17.3. The summed E-state index contributed by atoms with van der Waals surface area (Å²) >= 11 is 0.921. The minimum absolute atomic E-state index is 0. The van der Waals surface area contributed by atoms with E-state index in [0.29, 0.717) is 5.56 Å². The number of benzene rings is 4. The Balaban J connectivity index is 0.00000290. The van der Waals surface area contributed by atoms with Crippen molar-refractivity contribution < 1.29 is 133 Å². The Morgan fingerprint density at radius 1 is 0.738 bits per heavy atom. The van der Waals surface area contributed by atoms with Gasteiger partial charge in [0.15, 0.2) is 16.6 Å². The number of nitriles is 1. The molecule has 28 heteroatoms. The molecule has 0 aliphatic rings. The van der Waals surface area contributed by atoms with Gasteiger partial charge in [-0.3, -0.25) is 11.1 Å². The smallest absolute Gasteiger partial charge is 0.746 e. The maximum atomic E-state index is 12.1. The number of hydrogen-bond acceptors (Lipinski definition) is 20. The number of azo groups is 2. The molecule has 0 saturated heterocycles. The molecule has 0 aliphatic carbocycles. The van der Waals surface area contributed by atoms with Crippen molar-refractivity contribution in [3.63, 3.8) is 0 Å². The van der Waals surface area contributed by atoms with Gasteiger partial charge in [-0.05, 0) is 78.5 Å². The summed E-state index contributed by atoms with van der Waals surface area (Å²) in [5, 5.41) is 34.0. The van der Waals surface area contributed by atoms with E-state index < -0.39 is 45.0 Å². The quantitative estimate of drug-likeness (QED) is 0.0498. The van der Waals surface area contributed by atoms with Crippen LogP contribution in [0.25, 0.3) is 22.0 Å². The predicted molar refractivity (Wildman–Crippen MR) is 212 cm³/mol. The third-order valence-electron chi connectivity index (χ3n) is 8.30. The number of fused-ring (bicyclic) bond motifs is 1. The largest absolute Gasteiger partial charge is 1.00 e. The first-order valence-electron chi connectivity index (χ1n) is 16.6. The molecule has 0 radical (unpaired) electrons. The van der Waals surface area contributed by atoms with E-state index in [0.717, 1.165) is 41.7 Å². The van der Waals surface area contributed by atoms with E-state index in [1.165, 1.54) is 48.7 Å². The van der Waals surface area contributed by atoms with Crippen LogP contribution in [0.1, 0.15) is 11.1 Å². The van der Waals surface area contributed by atoms with Gasteiger partial charge >= 0.3 is 94.3 Å². The minimum atomic E-state index is -4.92. The maximum Gasteiger partial charge on any atom is 1.00 e. The van der Waals surface area contributed by atoms with Crippen LogP contribution in [0.3, 0.4) is 0 Å². The first-order valence-corrected chi connectivity index (χ1v) is 21.7. The number of rotatable bonds is 12. The molecule has 0 amide bonds. The van der Waals surface area contributed by atoms with Crippen molar-refractivity contribution in [3.8, 4) is 17.3 Å². The molecule has 0 unspecified atom stereocenters. The molecule has 3 heterocycles. The average molecular weight is 913 g/mol. The Bertz CT molecular complexity index is 3270. The number of hydrogen-bond donors (Lipinski definition) is 2. The first kappa shape index (κ1) is 57.2. The molecule has 65 heavy (non-hydrogen) atoms. The van der Waals surface area contributed by atoms with Crippen molar-refractivity contribution >= 4 is 97.0 Å². The van der Waals surface area contributed by atoms with Gasteiger partial charge in [-0.2, -0.15) is 5.26 Å². The Labute approximate surface area is 436 Å². The number of thiazole rings is 1. The van der Waals surface area contributed by atoms with Crippen molar-refractivity contribution in [1.82, 2.24) is 15.0 Å². The van der Waals surface area contributed by atoms with Crippen molar-refractivity contribution in [2.75, 3.05) is 10.6 Å². The van der Waals surface area contributed by atoms with Crippen LogP contribution in [-0.4, -0.2) is 53.9 Å². The fraction of sp³-hybridized carbons (Fsp3) is 0.0270. The fourth-order valence-corrected chi connectivity index (χ4v) is 7.88. The number of anilines is 4. The zero-order valence-corrected chi connectivity index (χ0v) is 38.4. The molecule has 0 bridgehead atoms. The van der Waals surface area contributed by atoms with E-state index in [1.54, 1.807) is 25.3 Å². The molecule has 7 rings (SSSR count). The van der Waals surface area contributed by atoms with Crippen molar-refractivity contribution in [2.45, 2.75) is 21.6 Å². The van der Waals surface area contributed by atoms with E-state index in [2.05, 4.69) is 64.2 Å². The Morgan fingerprint density at radius 3 is 1.88 bits per heavy atom. The summed E-state index contributed by atoms with van der Waals surface area (Å²) in [6.45, 7) is 1.54. The maximum absolute atomic E-state index is 12.1. The van der Waals surface area contributed by atoms with Crippen LogP contribution in [0.4, 0.5) is 44.5 Å². The normalized spacial score (nSPS) is 11.3. The first-order chi connectivity index (χ1) is 28.5. The third-order valence-corrected chi connectivity index (χ3v) is 11.7. The van der Waals surface area contributed by atoms with Crippen LogP contribution >= 0.6 is 11.3 Å². The molecule has 0 atom stereocenters. The van der Waals surface area contributed by atoms with E-state index in [1.807, 2.05) is 0 Å². The second-order valence-electron chi connectivity index (χ2n) is 12.2. The SMILES string of the molecule is Cc1c(C#N)c(Nc2ccc(S(=O)(=O)[O-])cc2)nc(Nc2ccc(S(=O)(=O)[O-])cc2)c1N=Nc1nc(-c2cccnc2)c(N=Nc2cc(S(=O)(=O)[O-])c3c[c-]c[c-]c3c2)s1.[Li+].[Li+].[Li+].[Li+].[Li+]. The zero-order valence-electron chi connectivity index (χ0n) is 35.1. The standard InChI is InChI=1S/C37H24N10O9S4.5Li/c1-21-30(19-38)34(40-24-8-12-27(13-9-24)58(48,49)50)43-35(41-25-10-14-28(15-11-25)59(51,52)53)32(21)45-47-37-42-33(23-6-4-16-39-20-23)36(57-37)46-44-26-17-22-5-2-3-7-29(22)31(18-26)60(54,55)56;;;;;/h2,4,6-18,20H,1H3,(H2,40,41,43)(H,48,49,50)(H,51,52,53)(H,54,55,56);;;;;/q-2;5*+1/p-3. The van der Waals surface area contributed by atoms with E-state index in [9.17, 15) is 44.2 Å². The molecule has 3 aromatic heterocycles. The van der Waals surface area contributed by atoms with Gasteiger partial charge in [0, 0.05) is 34.9 Å². The van der Waals surface area contributed by atoms with Gasteiger partial charge in [0.05, 0.1) is 21.0 Å². The van der Waals surface area contributed by atoms with Crippen LogP contribution in [0, 0.1) is 30.4 Å². The van der Waals surface area contributed by atoms with Crippen LogP contribution in [0.15, 0.2) is 132 Å². The fourth-order valence-electron chi connectivity index (χ4n) is 5.50. The molecule has 0 aliphatic heterocycles. The topological polar surface area (TPSA) is 308 Å². The Kier molecular flexibility index (Phi) is 20.8. The molecule has 302 valence electrons. The van der Waals surface area contributed by atoms with Crippen LogP contribution in [0.5, 0.6) is 0 Å². The summed E-state index contributed by atoms with van der Waals surface area (Å²) in [5.74, 6) is -0.0471. The summed E-state index contributed by atoms with van der Waals surface area (Å²) in [4.78, 5) is 11.8.